The van der Waals surface area contributed by atoms with Crippen LogP contribution in [0.1, 0.15) is 18.4 Å². The van der Waals surface area contributed by atoms with Gasteiger partial charge < -0.3 is 20.1 Å². The summed E-state index contributed by atoms with van der Waals surface area (Å²) in [6, 6.07) is 23.7. The summed E-state index contributed by atoms with van der Waals surface area (Å²) in [4.78, 5) is 27.5. The number of likely N-dealkylation sites (tertiary alicyclic amines) is 1. The number of carbonyl (C=O) groups is 2. The zero-order valence-corrected chi connectivity index (χ0v) is 19.2. The second-order valence-corrected chi connectivity index (χ2v) is 8.18. The number of nitrogens with zero attached hydrogens (tertiary/aromatic N) is 1. The zero-order valence-electron chi connectivity index (χ0n) is 19.2. The van der Waals surface area contributed by atoms with E-state index in [0.29, 0.717) is 30.3 Å². The number of urea groups is 1. The molecule has 4 rings (SSSR count). The number of ether oxygens (including phenoxy) is 2. The molecule has 34 heavy (non-hydrogen) atoms. The van der Waals surface area contributed by atoms with Gasteiger partial charge in [0.25, 0.3) is 0 Å². The van der Waals surface area contributed by atoms with Crippen LogP contribution in [0.25, 0.3) is 0 Å². The Morgan fingerprint density at radius 2 is 1.71 bits per heavy atom. The highest BCUT2D eigenvalue weighted by Crippen LogP contribution is 2.27. The Morgan fingerprint density at radius 1 is 0.971 bits per heavy atom. The molecule has 1 aliphatic heterocycles. The lowest BCUT2D eigenvalue weighted by atomic mass is 10.0. The molecule has 0 aromatic heterocycles. The lowest BCUT2D eigenvalue weighted by Gasteiger charge is -2.23. The predicted octanol–water partition coefficient (Wildman–Crippen LogP) is 4.95. The van der Waals surface area contributed by atoms with Gasteiger partial charge in [-0.25, -0.2) is 4.79 Å². The van der Waals surface area contributed by atoms with Crippen LogP contribution in [0.4, 0.5) is 16.2 Å². The van der Waals surface area contributed by atoms with Crippen molar-refractivity contribution >= 4 is 23.2 Å². The predicted molar refractivity (Wildman–Crippen MR) is 132 cm³/mol. The van der Waals surface area contributed by atoms with Crippen LogP contribution in [-0.2, 0) is 11.2 Å². The van der Waals surface area contributed by atoms with Crippen LogP contribution in [-0.4, -0.2) is 43.1 Å². The van der Waals surface area contributed by atoms with Crippen molar-refractivity contribution in [2.75, 3.05) is 31.0 Å². The van der Waals surface area contributed by atoms with Gasteiger partial charge in [-0.05, 0) is 54.8 Å². The third kappa shape index (κ3) is 6.14. The number of rotatable bonds is 9. The van der Waals surface area contributed by atoms with Gasteiger partial charge in [-0.15, -0.1) is 0 Å². The van der Waals surface area contributed by atoms with E-state index in [2.05, 4.69) is 15.5 Å². The number of Topliss-reactive ketones (excluding diaryl/α,β-unsaturated/α-hetero) is 1. The fraction of sp³-hybridized carbons (Fsp3) is 0.259. The molecule has 7 nitrogen and oxygen atoms in total. The molecule has 1 fully saturated rings. The lowest BCUT2D eigenvalue weighted by molar-refractivity contribution is -0.123. The Bertz CT molecular complexity index is 1110. The Balaban J connectivity index is 1.35. The second kappa shape index (κ2) is 11.3. The van der Waals surface area contributed by atoms with Crippen LogP contribution in [0.3, 0.4) is 0 Å². The summed E-state index contributed by atoms with van der Waals surface area (Å²) in [6.07, 6.45) is 2.09. The van der Waals surface area contributed by atoms with Crippen molar-refractivity contribution in [1.82, 2.24) is 4.90 Å². The summed E-state index contributed by atoms with van der Waals surface area (Å²) in [5.74, 6) is 1.45. The largest absolute Gasteiger partial charge is 0.495 e. The molecule has 0 saturated carbocycles. The van der Waals surface area contributed by atoms with E-state index in [9.17, 15) is 9.59 Å². The van der Waals surface area contributed by atoms with Gasteiger partial charge in [-0.2, -0.15) is 0 Å². The van der Waals surface area contributed by atoms with Crippen molar-refractivity contribution in [3.8, 4) is 11.5 Å². The van der Waals surface area contributed by atoms with Gasteiger partial charge in [0.1, 0.15) is 18.2 Å². The van der Waals surface area contributed by atoms with E-state index in [0.717, 1.165) is 30.7 Å². The summed E-state index contributed by atoms with van der Waals surface area (Å²) >= 11 is 0. The van der Waals surface area contributed by atoms with Gasteiger partial charge in [-0.3, -0.25) is 9.69 Å². The normalized spacial score (nSPS) is 15.5. The molecule has 3 aromatic rings. The number of hydrogen-bond acceptors (Lipinski definition) is 5. The molecule has 0 unspecified atom stereocenters. The maximum absolute atomic E-state index is 13.1. The number of para-hydroxylation sites is 2. The molecule has 1 aliphatic rings. The maximum Gasteiger partial charge on any atom is 0.323 e. The Hall–Kier alpha value is -3.84. The summed E-state index contributed by atoms with van der Waals surface area (Å²) in [5.41, 5.74) is 2.07. The van der Waals surface area contributed by atoms with Crippen molar-refractivity contribution < 1.29 is 19.1 Å². The molecule has 176 valence electrons. The van der Waals surface area contributed by atoms with Gasteiger partial charge in [-0.1, -0.05) is 42.5 Å². The van der Waals surface area contributed by atoms with Crippen molar-refractivity contribution in [3.05, 3.63) is 84.4 Å². The molecule has 0 spiro atoms. The van der Waals surface area contributed by atoms with Crippen LogP contribution in [0, 0.1) is 0 Å². The zero-order chi connectivity index (χ0) is 23.8. The molecule has 0 radical (unpaired) electrons. The van der Waals surface area contributed by atoms with Crippen molar-refractivity contribution in [2.45, 2.75) is 25.3 Å². The van der Waals surface area contributed by atoms with E-state index in [4.69, 9.17) is 9.47 Å². The Morgan fingerprint density at radius 3 is 2.44 bits per heavy atom. The smallest absolute Gasteiger partial charge is 0.323 e. The maximum atomic E-state index is 13.1. The van der Waals surface area contributed by atoms with Crippen molar-refractivity contribution in [1.29, 1.82) is 0 Å². The molecular formula is C27H29N3O4. The molecule has 2 N–H and O–H groups in total. The first kappa shape index (κ1) is 23.3. The van der Waals surface area contributed by atoms with E-state index < -0.39 is 0 Å². The SMILES string of the molecule is COc1cc(CC(=O)[C@@H]2CCCN2COc2ccccc2)ccc1NC(=O)Nc1ccccc1. The van der Waals surface area contributed by atoms with E-state index in [1.54, 1.807) is 19.2 Å². The number of nitrogens with one attached hydrogen (secondary N) is 2. The number of ketones is 1. The highest BCUT2D eigenvalue weighted by molar-refractivity contribution is 6.00. The summed E-state index contributed by atoms with van der Waals surface area (Å²) in [5, 5.41) is 5.58. The minimum atomic E-state index is -0.367. The molecule has 0 aliphatic carbocycles. The fourth-order valence-electron chi connectivity index (χ4n) is 4.09. The molecule has 3 aromatic carbocycles. The molecule has 2 amide bonds. The third-order valence-corrected chi connectivity index (χ3v) is 5.80. The first-order valence-electron chi connectivity index (χ1n) is 11.4. The highest BCUT2D eigenvalue weighted by Gasteiger charge is 2.30. The number of anilines is 2. The summed E-state index contributed by atoms with van der Waals surface area (Å²) in [7, 11) is 1.54. The molecular weight excluding hydrogens is 430 g/mol. The number of carbonyl (C=O) groups excluding carboxylic acids is 2. The fourth-order valence-corrected chi connectivity index (χ4v) is 4.09. The molecule has 0 bridgehead atoms. The number of amides is 2. The minimum absolute atomic E-state index is 0.152. The van der Waals surface area contributed by atoms with Crippen LogP contribution in [0.5, 0.6) is 11.5 Å². The Kier molecular flexibility index (Phi) is 7.78. The van der Waals surface area contributed by atoms with Crippen molar-refractivity contribution in [2.24, 2.45) is 0 Å². The van der Waals surface area contributed by atoms with Gasteiger partial charge in [0, 0.05) is 18.7 Å². The highest BCUT2D eigenvalue weighted by atomic mass is 16.5. The Labute approximate surface area is 199 Å². The van der Waals surface area contributed by atoms with Gasteiger partial charge in [0.15, 0.2) is 5.78 Å². The summed E-state index contributed by atoms with van der Waals surface area (Å²) in [6.45, 7) is 1.23. The molecule has 7 heteroatoms. The minimum Gasteiger partial charge on any atom is -0.495 e. The first-order valence-corrected chi connectivity index (χ1v) is 11.4. The number of hydrogen-bond donors (Lipinski definition) is 2. The van der Waals surface area contributed by atoms with Crippen molar-refractivity contribution in [3.63, 3.8) is 0 Å². The monoisotopic (exact) mass is 459 g/mol. The second-order valence-electron chi connectivity index (χ2n) is 8.18. The number of benzene rings is 3. The average Bonchev–Trinajstić information content (AvgIpc) is 3.34. The van der Waals surface area contributed by atoms with Gasteiger partial charge >= 0.3 is 6.03 Å². The average molecular weight is 460 g/mol. The van der Waals surface area contributed by atoms with E-state index in [1.165, 1.54) is 0 Å². The topological polar surface area (TPSA) is 79.9 Å². The molecule has 1 atom stereocenters. The van der Waals surface area contributed by atoms with Crippen LogP contribution < -0.4 is 20.1 Å². The molecule has 1 heterocycles. The van der Waals surface area contributed by atoms with E-state index >= 15 is 0 Å². The molecule has 1 saturated heterocycles. The standard InChI is InChI=1S/C27H29N3O4/c1-33-26-18-20(14-15-23(26)29-27(32)28-21-9-4-2-5-10-21)17-25(31)24-13-8-16-30(24)19-34-22-11-6-3-7-12-22/h2-7,9-12,14-15,18,24H,8,13,16-17,19H2,1H3,(H2,28,29,32)/t24-/m0/s1. The lowest BCUT2D eigenvalue weighted by Crippen LogP contribution is -2.39. The van der Waals surface area contributed by atoms with E-state index in [-0.39, 0.29) is 17.9 Å². The van der Waals surface area contributed by atoms with Gasteiger partial charge in [0.05, 0.1) is 18.8 Å². The quantitative estimate of drug-likeness (QED) is 0.473. The van der Waals surface area contributed by atoms with Gasteiger partial charge in [0.2, 0.25) is 0 Å². The number of methoxy groups -OCH3 is 1. The van der Waals surface area contributed by atoms with Crippen LogP contribution in [0.15, 0.2) is 78.9 Å². The van der Waals surface area contributed by atoms with E-state index in [1.807, 2.05) is 66.7 Å². The van der Waals surface area contributed by atoms with Crippen LogP contribution >= 0.6 is 0 Å². The first-order chi connectivity index (χ1) is 16.6. The third-order valence-electron chi connectivity index (χ3n) is 5.80. The summed E-state index contributed by atoms with van der Waals surface area (Å²) < 4.78 is 11.3. The van der Waals surface area contributed by atoms with Crippen LogP contribution in [0.2, 0.25) is 0 Å².